The van der Waals surface area contributed by atoms with Gasteiger partial charge in [-0.3, -0.25) is 4.79 Å². The van der Waals surface area contributed by atoms with Crippen LogP contribution in [-0.4, -0.2) is 11.1 Å². The summed E-state index contributed by atoms with van der Waals surface area (Å²) in [5.41, 5.74) is 0.227. The third-order valence-corrected chi connectivity index (χ3v) is 3.16. The van der Waals surface area contributed by atoms with Crippen LogP contribution < -0.4 is 0 Å². The van der Waals surface area contributed by atoms with Crippen LogP contribution in [0.25, 0.3) is 0 Å². The molecule has 0 aliphatic heterocycles. The van der Waals surface area contributed by atoms with E-state index in [4.69, 9.17) is 5.11 Å². The van der Waals surface area contributed by atoms with Crippen molar-refractivity contribution in [2.45, 2.75) is 52.9 Å². The highest BCUT2D eigenvalue weighted by Crippen LogP contribution is 2.44. The fourth-order valence-electron chi connectivity index (χ4n) is 2.53. The third-order valence-electron chi connectivity index (χ3n) is 3.16. The maximum absolute atomic E-state index is 10.7. The van der Waals surface area contributed by atoms with E-state index in [0.717, 1.165) is 6.42 Å². The molecule has 1 saturated carbocycles. The van der Waals surface area contributed by atoms with Gasteiger partial charge in [0, 0.05) is 0 Å². The van der Waals surface area contributed by atoms with Crippen LogP contribution >= 0.6 is 0 Å². The first kappa shape index (κ1) is 11.5. The van der Waals surface area contributed by atoms with Gasteiger partial charge in [0.2, 0.25) is 0 Å². The van der Waals surface area contributed by atoms with Gasteiger partial charge in [-0.2, -0.15) is 0 Å². The predicted molar refractivity (Wildman–Crippen MR) is 56.9 cm³/mol. The molecule has 1 aliphatic carbocycles. The summed E-state index contributed by atoms with van der Waals surface area (Å²) >= 11 is 0. The van der Waals surface area contributed by atoms with Crippen molar-refractivity contribution in [3.63, 3.8) is 0 Å². The molecule has 0 spiro atoms. The van der Waals surface area contributed by atoms with E-state index in [1.165, 1.54) is 25.2 Å². The molecule has 2 nitrogen and oxygen atoms in total. The average Bonchev–Trinajstić information content (AvgIpc) is 2.01. The zero-order chi connectivity index (χ0) is 10.8. The topological polar surface area (TPSA) is 37.3 Å². The van der Waals surface area contributed by atoms with Crippen LogP contribution in [0.2, 0.25) is 0 Å². The van der Waals surface area contributed by atoms with Crippen molar-refractivity contribution < 1.29 is 9.90 Å². The summed E-state index contributed by atoms with van der Waals surface area (Å²) in [5.74, 6) is 1.10. The molecule has 0 aromatic heterocycles. The molecule has 0 saturated heterocycles. The minimum absolute atomic E-state index is 0.227. The van der Waals surface area contributed by atoms with E-state index in [0.29, 0.717) is 5.92 Å². The predicted octanol–water partition coefficient (Wildman–Crippen LogP) is 3.27. The van der Waals surface area contributed by atoms with Gasteiger partial charge < -0.3 is 5.11 Å². The maximum Gasteiger partial charge on any atom is 0.303 e. The summed E-state index contributed by atoms with van der Waals surface area (Å²) in [6.07, 6.45) is 4.91. The highest BCUT2D eigenvalue weighted by atomic mass is 16.4. The number of carbonyl (C=O) groups is 1. The van der Waals surface area contributed by atoms with Crippen LogP contribution in [0, 0.1) is 17.3 Å². The first-order valence-corrected chi connectivity index (χ1v) is 5.47. The summed E-state index contributed by atoms with van der Waals surface area (Å²) in [4.78, 5) is 10.7. The summed E-state index contributed by atoms with van der Waals surface area (Å²) in [6.45, 7) is 6.64. The number of carboxylic acids is 1. The first-order valence-electron chi connectivity index (χ1n) is 5.47. The van der Waals surface area contributed by atoms with Crippen LogP contribution in [0.15, 0.2) is 0 Å². The number of carboxylic acid groups (broad SMARTS) is 1. The van der Waals surface area contributed by atoms with Gasteiger partial charge in [-0.15, -0.1) is 0 Å². The third kappa shape index (κ3) is 3.00. The minimum atomic E-state index is -0.670. The van der Waals surface area contributed by atoms with Gasteiger partial charge in [-0.05, 0) is 30.1 Å². The Morgan fingerprint density at radius 1 is 1.43 bits per heavy atom. The quantitative estimate of drug-likeness (QED) is 0.737. The number of hydrogen-bond donors (Lipinski definition) is 1. The van der Waals surface area contributed by atoms with E-state index in [2.05, 4.69) is 20.8 Å². The standard InChI is InChI=1S/C12H21O2/c1-12(2,3)10-7-5-4-6-9(10)8-11(13)14/h10H,4-8H2,1-3H3,(H,13,14). The molecule has 0 heterocycles. The Hall–Kier alpha value is -0.530. The largest absolute Gasteiger partial charge is 0.481 e. The van der Waals surface area contributed by atoms with Crippen LogP contribution in [0.1, 0.15) is 52.9 Å². The number of rotatable bonds is 2. The van der Waals surface area contributed by atoms with E-state index < -0.39 is 5.97 Å². The lowest BCUT2D eigenvalue weighted by atomic mass is 9.65. The first-order chi connectivity index (χ1) is 6.41. The molecule has 1 rings (SSSR count). The number of aliphatic carboxylic acids is 1. The highest BCUT2D eigenvalue weighted by molar-refractivity contribution is 5.69. The van der Waals surface area contributed by atoms with Crippen molar-refractivity contribution in [1.82, 2.24) is 0 Å². The Bertz CT molecular complexity index is 203. The molecule has 1 unspecified atom stereocenters. The normalized spacial score (nSPS) is 24.9. The molecule has 1 radical (unpaired) electrons. The van der Waals surface area contributed by atoms with E-state index in [1.807, 2.05) is 0 Å². The zero-order valence-corrected chi connectivity index (χ0v) is 9.47. The van der Waals surface area contributed by atoms with E-state index in [9.17, 15) is 4.79 Å². The van der Waals surface area contributed by atoms with Crippen molar-refractivity contribution in [1.29, 1.82) is 0 Å². The molecule has 0 amide bonds. The second kappa shape index (κ2) is 4.33. The fourth-order valence-corrected chi connectivity index (χ4v) is 2.53. The second-order valence-electron chi connectivity index (χ2n) is 5.39. The van der Waals surface area contributed by atoms with Gasteiger partial charge in [0.1, 0.15) is 0 Å². The monoisotopic (exact) mass is 197 g/mol. The van der Waals surface area contributed by atoms with E-state index in [1.54, 1.807) is 0 Å². The summed E-state index contributed by atoms with van der Waals surface area (Å²) < 4.78 is 0. The second-order valence-corrected chi connectivity index (χ2v) is 5.39. The van der Waals surface area contributed by atoms with Crippen molar-refractivity contribution in [3.8, 4) is 0 Å². The maximum atomic E-state index is 10.7. The summed E-state index contributed by atoms with van der Waals surface area (Å²) in [7, 11) is 0. The molecule has 0 aromatic rings. The average molecular weight is 197 g/mol. The van der Waals surface area contributed by atoms with Gasteiger partial charge in [0.15, 0.2) is 0 Å². The van der Waals surface area contributed by atoms with Crippen molar-refractivity contribution in [2.24, 2.45) is 11.3 Å². The molecule has 81 valence electrons. The lowest BCUT2D eigenvalue weighted by Gasteiger charge is -2.39. The van der Waals surface area contributed by atoms with E-state index >= 15 is 0 Å². The highest BCUT2D eigenvalue weighted by Gasteiger charge is 2.35. The van der Waals surface area contributed by atoms with E-state index in [-0.39, 0.29) is 11.8 Å². The molecule has 1 atom stereocenters. The number of hydrogen-bond acceptors (Lipinski definition) is 1. The Labute approximate surface area is 86.7 Å². The van der Waals surface area contributed by atoms with Crippen molar-refractivity contribution in [3.05, 3.63) is 5.92 Å². The molecule has 1 N–H and O–H groups in total. The van der Waals surface area contributed by atoms with Gasteiger partial charge in [-0.1, -0.05) is 33.6 Å². The van der Waals surface area contributed by atoms with Crippen molar-refractivity contribution in [2.75, 3.05) is 0 Å². The Morgan fingerprint density at radius 3 is 2.57 bits per heavy atom. The molecular weight excluding hydrogens is 176 g/mol. The van der Waals surface area contributed by atoms with Crippen LogP contribution in [0.5, 0.6) is 0 Å². The van der Waals surface area contributed by atoms with Crippen molar-refractivity contribution >= 4 is 5.97 Å². The van der Waals surface area contributed by atoms with Gasteiger partial charge in [0.25, 0.3) is 0 Å². The lowest BCUT2D eigenvalue weighted by Crippen LogP contribution is -2.30. The van der Waals surface area contributed by atoms with Crippen LogP contribution in [0.4, 0.5) is 0 Å². The Balaban J connectivity index is 2.64. The zero-order valence-electron chi connectivity index (χ0n) is 9.47. The smallest absolute Gasteiger partial charge is 0.303 e. The Kier molecular flexibility index (Phi) is 3.57. The lowest BCUT2D eigenvalue weighted by molar-refractivity contribution is -0.137. The Morgan fingerprint density at radius 2 is 2.07 bits per heavy atom. The molecule has 1 fully saturated rings. The molecule has 0 aromatic carbocycles. The molecule has 1 aliphatic rings. The molecule has 14 heavy (non-hydrogen) atoms. The molecular formula is C12H21O2. The van der Waals surface area contributed by atoms with Crippen LogP contribution in [-0.2, 0) is 4.79 Å². The van der Waals surface area contributed by atoms with Gasteiger partial charge >= 0.3 is 5.97 Å². The van der Waals surface area contributed by atoms with Crippen LogP contribution in [0.3, 0.4) is 0 Å². The summed E-state index contributed by atoms with van der Waals surface area (Å²) in [5, 5.41) is 8.83. The molecule has 0 bridgehead atoms. The SMILES string of the molecule is CC(C)(C)C1CCCC[C]1CC(=O)O. The van der Waals surface area contributed by atoms with Gasteiger partial charge in [-0.25, -0.2) is 0 Å². The molecule has 2 heteroatoms. The summed E-state index contributed by atoms with van der Waals surface area (Å²) in [6, 6.07) is 0. The van der Waals surface area contributed by atoms with Gasteiger partial charge in [0.05, 0.1) is 6.42 Å². The minimum Gasteiger partial charge on any atom is -0.481 e. The fraction of sp³-hybridized carbons (Fsp3) is 0.833.